The van der Waals surface area contributed by atoms with Gasteiger partial charge in [-0.25, -0.2) is 0 Å². The lowest BCUT2D eigenvalue weighted by Gasteiger charge is -2.22. The zero-order valence-corrected chi connectivity index (χ0v) is 13.0. The van der Waals surface area contributed by atoms with Gasteiger partial charge in [-0.2, -0.15) is 0 Å². The molecule has 0 radical (unpaired) electrons. The van der Waals surface area contributed by atoms with Gasteiger partial charge in [-0.05, 0) is 37.6 Å². The summed E-state index contributed by atoms with van der Waals surface area (Å²) in [6, 6.07) is 13.1. The smallest absolute Gasteiger partial charge is 0.255 e. The molecule has 2 aromatic rings. The van der Waals surface area contributed by atoms with E-state index >= 15 is 0 Å². The lowest BCUT2D eigenvalue weighted by atomic mass is 10.1. The number of nitrogens with two attached hydrogens (primary N) is 1. The van der Waals surface area contributed by atoms with Crippen molar-refractivity contribution >= 4 is 23.2 Å². The van der Waals surface area contributed by atoms with Gasteiger partial charge < -0.3 is 10.6 Å². The predicted molar refractivity (Wildman–Crippen MR) is 87.5 cm³/mol. The summed E-state index contributed by atoms with van der Waals surface area (Å²) in [5, 5.41) is 0.428. The number of benzene rings is 2. The summed E-state index contributed by atoms with van der Waals surface area (Å²) in [6.07, 6.45) is 0. The Hall–Kier alpha value is -2.00. The minimum atomic E-state index is -0.101. The maximum Gasteiger partial charge on any atom is 0.255 e. The molecule has 3 nitrogen and oxygen atoms in total. The average molecular weight is 303 g/mol. The first-order chi connectivity index (χ1) is 10.0. The number of halogens is 1. The van der Waals surface area contributed by atoms with E-state index in [-0.39, 0.29) is 5.91 Å². The van der Waals surface area contributed by atoms with Crippen molar-refractivity contribution in [1.82, 2.24) is 4.90 Å². The van der Waals surface area contributed by atoms with Gasteiger partial charge in [0.25, 0.3) is 5.91 Å². The lowest BCUT2D eigenvalue weighted by molar-refractivity contribution is 0.0753. The van der Waals surface area contributed by atoms with Gasteiger partial charge in [0.2, 0.25) is 0 Å². The van der Waals surface area contributed by atoms with Crippen LogP contribution in [0.2, 0.25) is 5.02 Å². The fourth-order valence-corrected chi connectivity index (χ4v) is 2.43. The predicted octanol–water partition coefficient (Wildman–Crippen LogP) is 3.89. The normalized spacial score (nSPS) is 10.4. The van der Waals surface area contributed by atoms with E-state index < -0.39 is 0 Å². The van der Waals surface area contributed by atoms with Crippen molar-refractivity contribution in [3.05, 3.63) is 64.2 Å². The molecular formula is C17H19ClN2O. The van der Waals surface area contributed by atoms with Crippen LogP contribution in [-0.4, -0.2) is 17.4 Å². The molecule has 0 aliphatic carbocycles. The van der Waals surface area contributed by atoms with Gasteiger partial charge in [-0.3, -0.25) is 4.79 Å². The number of carbonyl (C=O) groups is 1. The molecule has 0 unspecified atom stereocenters. The van der Waals surface area contributed by atoms with Crippen LogP contribution in [0.4, 0.5) is 5.69 Å². The van der Waals surface area contributed by atoms with Crippen LogP contribution in [-0.2, 0) is 6.54 Å². The topological polar surface area (TPSA) is 46.3 Å². The number of nitrogen functional groups attached to an aromatic ring is 1. The Balaban J connectivity index is 2.24. The van der Waals surface area contributed by atoms with Crippen molar-refractivity contribution in [2.24, 2.45) is 0 Å². The molecular weight excluding hydrogens is 284 g/mol. The van der Waals surface area contributed by atoms with Crippen molar-refractivity contribution in [2.45, 2.75) is 20.4 Å². The number of rotatable bonds is 4. The minimum Gasteiger partial charge on any atom is -0.399 e. The molecule has 2 N–H and O–H groups in total. The molecule has 0 atom stereocenters. The van der Waals surface area contributed by atoms with Crippen LogP contribution in [0.3, 0.4) is 0 Å². The van der Waals surface area contributed by atoms with Crippen molar-refractivity contribution in [3.63, 3.8) is 0 Å². The second kappa shape index (κ2) is 6.64. The summed E-state index contributed by atoms with van der Waals surface area (Å²) in [4.78, 5) is 14.4. The fourth-order valence-electron chi connectivity index (χ4n) is 2.24. The van der Waals surface area contributed by atoms with Crippen LogP contribution < -0.4 is 5.73 Å². The van der Waals surface area contributed by atoms with E-state index in [1.165, 1.54) is 5.56 Å². The molecule has 2 rings (SSSR count). The zero-order chi connectivity index (χ0) is 15.4. The molecule has 0 saturated carbocycles. The highest BCUT2D eigenvalue weighted by Gasteiger charge is 2.17. The van der Waals surface area contributed by atoms with E-state index in [4.69, 9.17) is 17.3 Å². The Morgan fingerprint density at radius 2 is 2.00 bits per heavy atom. The number of hydrogen-bond acceptors (Lipinski definition) is 2. The molecule has 1 amide bonds. The van der Waals surface area contributed by atoms with Gasteiger partial charge in [0.1, 0.15) is 0 Å². The Labute approximate surface area is 130 Å². The van der Waals surface area contributed by atoms with E-state index in [9.17, 15) is 4.79 Å². The number of aryl methyl sites for hydroxylation is 1. The van der Waals surface area contributed by atoms with Crippen LogP contribution >= 0.6 is 11.6 Å². The summed E-state index contributed by atoms with van der Waals surface area (Å²) in [7, 11) is 0. The van der Waals surface area contributed by atoms with Crippen LogP contribution in [0.5, 0.6) is 0 Å². The molecule has 0 aliphatic heterocycles. The van der Waals surface area contributed by atoms with Crippen molar-refractivity contribution in [3.8, 4) is 0 Å². The second-order valence-corrected chi connectivity index (χ2v) is 5.45. The average Bonchev–Trinajstić information content (AvgIpc) is 2.46. The fraction of sp³-hybridized carbons (Fsp3) is 0.235. The highest BCUT2D eigenvalue weighted by atomic mass is 35.5. The number of nitrogens with zero attached hydrogens (tertiary/aromatic N) is 1. The van der Waals surface area contributed by atoms with Crippen LogP contribution in [0.25, 0.3) is 0 Å². The molecule has 2 aromatic carbocycles. The SMILES string of the molecule is CCN(Cc1cccc(C)c1)C(=O)c1cc(N)ccc1Cl. The Bertz CT molecular complexity index is 655. The third kappa shape index (κ3) is 3.76. The first-order valence-corrected chi connectivity index (χ1v) is 7.29. The molecule has 0 bridgehead atoms. The Morgan fingerprint density at radius 1 is 1.24 bits per heavy atom. The summed E-state index contributed by atoms with van der Waals surface area (Å²) in [6.45, 7) is 5.16. The van der Waals surface area contributed by atoms with Crippen molar-refractivity contribution in [2.75, 3.05) is 12.3 Å². The quantitative estimate of drug-likeness (QED) is 0.871. The number of hydrogen-bond donors (Lipinski definition) is 1. The van der Waals surface area contributed by atoms with Gasteiger partial charge >= 0.3 is 0 Å². The molecule has 21 heavy (non-hydrogen) atoms. The summed E-state index contributed by atoms with van der Waals surface area (Å²) >= 11 is 6.12. The van der Waals surface area contributed by atoms with E-state index in [1.807, 2.05) is 32.0 Å². The second-order valence-electron chi connectivity index (χ2n) is 5.05. The maximum atomic E-state index is 12.6. The minimum absolute atomic E-state index is 0.101. The summed E-state index contributed by atoms with van der Waals surface area (Å²) in [5.41, 5.74) is 9.02. The van der Waals surface area contributed by atoms with Crippen molar-refractivity contribution < 1.29 is 4.79 Å². The molecule has 0 aromatic heterocycles. The van der Waals surface area contributed by atoms with Gasteiger partial charge in [0.15, 0.2) is 0 Å². The molecule has 0 aliphatic rings. The summed E-state index contributed by atoms with van der Waals surface area (Å²) < 4.78 is 0. The third-order valence-corrected chi connectivity index (χ3v) is 3.68. The molecule has 0 fully saturated rings. The standard InChI is InChI=1S/C17H19ClN2O/c1-3-20(11-13-6-4-5-12(2)9-13)17(21)15-10-14(19)7-8-16(15)18/h4-10H,3,11,19H2,1-2H3. The Kier molecular flexibility index (Phi) is 4.86. The third-order valence-electron chi connectivity index (χ3n) is 3.35. The number of carbonyl (C=O) groups excluding carboxylic acids is 1. The first-order valence-electron chi connectivity index (χ1n) is 6.91. The summed E-state index contributed by atoms with van der Waals surface area (Å²) in [5.74, 6) is -0.101. The molecule has 110 valence electrons. The monoisotopic (exact) mass is 302 g/mol. The van der Waals surface area contributed by atoms with Gasteiger partial charge in [-0.15, -0.1) is 0 Å². The maximum absolute atomic E-state index is 12.6. The number of anilines is 1. The highest BCUT2D eigenvalue weighted by Crippen LogP contribution is 2.21. The first kappa shape index (κ1) is 15.4. The van der Waals surface area contributed by atoms with E-state index in [0.29, 0.717) is 29.4 Å². The van der Waals surface area contributed by atoms with Gasteiger partial charge in [0, 0.05) is 18.8 Å². The van der Waals surface area contributed by atoms with Gasteiger partial charge in [0.05, 0.1) is 10.6 Å². The van der Waals surface area contributed by atoms with E-state index in [0.717, 1.165) is 5.56 Å². The molecule has 0 heterocycles. The zero-order valence-electron chi connectivity index (χ0n) is 12.3. The van der Waals surface area contributed by atoms with Crippen molar-refractivity contribution in [1.29, 1.82) is 0 Å². The molecule has 4 heteroatoms. The van der Waals surface area contributed by atoms with Crippen LogP contribution in [0.1, 0.15) is 28.4 Å². The lowest BCUT2D eigenvalue weighted by Crippen LogP contribution is -2.30. The molecule has 0 spiro atoms. The van der Waals surface area contributed by atoms with Crippen LogP contribution in [0, 0.1) is 6.92 Å². The highest BCUT2D eigenvalue weighted by molar-refractivity contribution is 6.34. The van der Waals surface area contributed by atoms with Crippen LogP contribution in [0.15, 0.2) is 42.5 Å². The van der Waals surface area contributed by atoms with E-state index in [2.05, 4.69) is 6.07 Å². The van der Waals surface area contributed by atoms with Gasteiger partial charge in [-0.1, -0.05) is 41.4 Å². The largest absolute Gasteiger partial charge is 0.399 e. The van der Waals surface area contributed by atoms with E-state index in [1.54, 1.807) is 23.1 Å². The Morgan fingerprint density at radius 3 is 2.67 bits per heavy atom. The number of amides is 1. The molecule has 0 saturated heterocycles.